The quantitative estimate of drug-likeness (QED) is 0.550. The summed E-state index contributed by atoms with van der Waals surface area (Å²) in [6.45, 7) is 2.59. The van der Waals surface area contributed by atoms with Crippen molar-refractivity contribution >= 4 is 11.8 Å². The molecule has 0 aromatic carbocycles. The summed E-state index contributed by atoms with van der Waals surface area (Å²) in [6, 6.07) is 0. The number of hydrogen-bond donors (Lipinski definition) is 1. The lowest BCUT2D eigenvalue weighted by Crippen LogP contribution is -2.44. The fourth-order valence-corrected chi connectivity index (χ4v) is 2.32. The monoisotopic (exact) mass is 240 g/mol. The van der Waals surface area contributed by atoms with Crippen LogP contribution in [-0.2, 0) is 14.3 Å². The van der Waals surface area contributed by atoms with E-state index in [1.807, 2.05) is 4.90 Å². The maximum Gasteiger partial charge on any atom is 0.238 e. The number of likely N-dealkylation sites (tertiary alicyclic amines) is 1. The molecular weight excluding hydrogens is 220 g/mol. The van der Waals surface area contributed by atoms with Crippen LogP contribution >= 0.6 is 0 Å². The second kappa shape index (κ2) is 5.04. The number of rotatable bonds is 5. The zero-order chi connectivity index (χ0) is 12.3. The summed E-state index contributed by atoms with van der Waals surface area (Å²) < 4.78 is 4.88. The fourth-order valence-electron chi connectivity index (χ4n) is 2.32. The van der Waals surface area contributed by atoms with Crippen LogP contribution in [0, 0.1) is 5.41 Å². The number of methoxy groups -OCH3 is 1. The Balaban J connectivity index is 1.89. The molecule has 0 aromatic heterocycles. The van der Waals surface area contributed by atoms with Gasteiger partial charge in [0, 0.05) is 26.7 Å². The van der Waals surface area contributed by atoms with Crippen molar-refractivity contribution in [3.05, 3.63) is 0 Å². The third-order valence-electron chi connectivity index (χ3n) is 3.58. The molecule has 1 aliphatic carbocycles. The summed E-state index contributed by atoms with van der Waals surface area (Å²) >= 11 is 0. The summed E-state index contributed by atoms with van der Waals surface area (Å²) in [5.74, 6) is -0.0867. The molecule has 2 aliphatic rings. The predicted molar refractivity (Wildman–Crippen MR) is 62.4 cm³/mol. The molecule has 96 valence electrons. The van der Waals surface area contributed by atoms with Crippen LogP contribution in [0.3, 0.4) is 0 Å². The van der Waals surface area contributed by atoms with Gasteiger partial charge in [0.2, 0.25) is 11.8 Å². The normalized spacial score (nSPS) is 21.4. The van der Waals surface area contributed by atoms with E-state index in [-0.39, 0.29) is 11.8 Å². The molecule has 1 saturated carbocycles. The summed E-state index contributed by atoms with van der Waals surface area (Å²) in [7, 11) is 1.59. The summed E-state index contributed by atoms with van der Waals surface area (Å²) in [5, 5.41) is 2.78. The van der Waals surface area contributed by atoms with Gasteiger partial charge in [0.05, 0.1) is 6.61 Å². The zero-order valence-electron chi connectivity index (χ0n) is 10.3. The molecule has 1 saturated heterocycles. The van der Waals surface area contributed by atoms with E-state index in [1.54, 1.807) is 7.11 Å². The molecule has 2 rings (SSSR count). The van der Waals surface area contributed by atoms with Gasteiger partial charge in [-0.3, -0.25) is 9.59 Å². The molecule has 0 atom stereocenters. The molecule has 0 bridgehead atoms. The lowest BCUT2D eigenvalue weighted by atomic mass is 10.0. The number of carbonyl (C=O) groups excluding carboxylic acids is 2. The van der Waals surface area contributed by atoms with Crippen LogP contribution in [0.4, 0.5) is 0 Å². The van der Waals surface area contributed by atoms with E-state index < -0.39 is 5.41 Å². The summed E-state index contributed by atoms with van der Waals surface area (Å²) in [4.78, 5) is 26.1. The summed E-state index contributed by atoms with van der Waals surface area (Å²) in [5.41, 5.74) is -0.738. The maximum atomic E-state index is 12.2. The molecule has 0 spiro atoms. The second-order valence-electron chi connectivity index (χ2n) is 4.83. The number of nitrogens with zero attached hydrogens (tertiary/aromatic N) is 1. The number of hydrogen-bond acceptors (Lipinski definition) is 3. The Hall–Kier alpha value is -1.10. The van der Waals surface area contributed by atoms with E-state index in [0.29, 0.717) is 26.0 Å². The highest BCUT2D eigenvalue weighted by Gasteiger charge is 2.57. The molecule has 0 aromatic rings. The van der Waals surface area contributed by atoms with Gasteiger partial charge in [-0.2, -0.15) is 0 Å². The minimum atomic E-state index is -0.738. The predicted octanol–water partition coefficient (Wildman–Crippen LogP) is 0.152. The highest BCUT2D eigenvalue weighted by atomic mass is 16.5. The SMILES string of the molecule is COCCNC(=O)C1(C(=O)N2CCCC2)CC1. The standard InChI is InChI=1S/C12H20N2O3/c1-17-9-6-13-10(15)12(4-5-12)11(16)14-7-2-3-8-14/h2-9H2,1H3,(H,13,15). The molecule has 0 radical (unpaired) electrons. The topological polar surface area (TPSA) is 58.6 Å². The van der Waals surface area contributed by atoms with Crippen molar-refractivity contribution in [3.8, 4) is 0 Å². The van der Waals surface area contributed by atoms with Gasteiger partial charge in [0.15, 0.2) is 0 Å². The summed E-state index contributed by atoms with van der Waals surface area (Å²) in [6.07, 6.45) is 3.52. The van der Waals surface area contributed by atoms with Crippen LogP contribution in [0.25, 0.3) is 0 Å². The van der Waals surface area contributed by atoms with Crippen LogP contribution in [0.2, 0.25) is 0 Å². The number of carbonyl (C=O) groups is 2. The largest absolute Gasteiger partial charge is 0.383 e. The van der Waals surface area contributed by atoms with Crippen LogP contribution in [-0.4, -0.2) is 50.1 Å². The van der Waals surface area contributed by atoms with E-state index in [9.17, 15) is 9.59 Å². The van der Waals surface area contributed by atoms with E-state index >= 15 is 0 Å². The Labute approximate surface area is 101 Å². The second-order valence-corrected chi connectivity index (χ2v) is 4.83. The molecule has 5 heteroatoms. The van der Waals surface area contributed by atoms with Crippen LogP contribution < -0.4 is 5.32 Å². The molecule has 2 amide bonds. The number of nitrogens with one attached hydrogen (secondary N) is 1. The van der Waals surface area contributed by atoms with Crippen molar-refractivity contribution < 1.29 is 14.3 Å². The van der Waals surface area contributed by atoms with Crippen molar-refractivity contribution in [2.45, 2.75) is 25.7 Å². The highest BCUT2D eigenvalue weighted by molar-refractivity contribution is 6.07. The Morgan fingerprint density at radius 1 is 1.29 bits per heavy atom. The van der Waals surface area contributed by atoms with Gasteiger partial charge < -0.3 is 15.0 Å². The van der Waals surface area contributed by atoms with Crippen molar-refractivity contribution in [2.24, 2.45) is 5.41 Å². The first-order valence-electron chi connectivity index (χ1n) is 6.27. The maximum absolute atomic E-state index is 12.2. The van der Waals surface area contributed by atoms with Crippen LogP contribution in [0.15, 0.2) is 0 Å². The van der Waals surface area contributed by atoms with E-state index in [0.717, 1.165) is 25.9 Å². The molecule has 1 aliphatic heterocycles. The Kier molecular flexibility index (Phi) is 3.66. The first-order chi connectivity index (χ1) is 8.20. The van der Waals surface area contributed by atoms with Gasteiger partial charge in [-0.05, 0) is 25.7 Å². The highest BCUT2D eigenvalue weighted by Crippen LogP contribution is 2.47. The number of ether oxygens (including phenoxy) is 1. The van der Waals surface area contributed by atoms with Crippen LogP contribution in [0.1, 0.15) is 25.7 Å². The fraction of sp³-hybridized carbons (Fsp3) is 0.833. The molecule has 5 nitrogen and oxygen atoms in total. The average molecular weight is 240 g/mol. The molecule has 17 heavy (non-hydrogen) atoms. The number of amides is 2. The Morgan fingerprint density at radius 3 is 2.47 bits per heavy atom. The van der Waals surface area contributed by atoms with E-state index in [2.05, 4.69) is 5.32 Å². The smallest absolute Gasteiger partial charge is 0.238 e. The van der Waals surface area contributed by atoms with Crippen molar-refractivity contribution in [1.29, 1.82) is 0 Å². The Morgan fingerprint density at radius 2 is 1.94 bits per heavy atom. The molecular formula is C12H20N2O3. The third kappa shape index (κ3) is 2.44. The van der Waals surface area contributed by atoms with E-state index in [4.69, 9.17) is 4.74 Å². The van der Waals surface area contributed by atoms with Gasteiger partial charge in [-0.25, -0.2) is 0 Å². The average Bonchev–Trinajstić information content (AvgIpc) is 2.96. The molecule has 0 unspecified atom stereocenters. The molecule has 1 N–H and O–H groups in total. The van der Waals surface area contributed by atoms with Gasteiger partial charge in [0.1, 0.15) is 5.41 Å². The van der Waals surface area contributed by atoms with Crippen molar-refractivity contribution in [3.63, 3.8) is 0 Å². The van der Waals surface area contributed by atoms with Gasteiger partial charge in [0.25, 0.3) is 0 Å². The van der Waals surface area contributed by atoms with E-state index in [1.165, 1.54) is 0 Å². The third-order valence-corrected chi connectivity index (χ3v) is 3.58. The molecule has 2 fully saturated rings. The first-order valence-corrected chi connectivity index (χ1v) is 6.27. The first kappa shape index (κ1) is 12.4. The zero-order valence-corrected chi connectivity index (χ0v) is 10.3. The van der Waals surface area contributed by atoms with Gasteiger partial charge in [-0.1, -0.05) is 0 Å². The Bertz CT molecular complexity index is 307. The lowest BCUT2D eigenvalue weighted by Gasteiger charge is -2.22. The molecule has 1 heterocycles. The lowest BCUT2D eigenvalue weighted by molar-refractivity contribution is -0.143. The minimum absolute atomic E-state index is 0.0323. The van der Waals surface area contributed by atoms with Crippen LogP contribution in [0.5, 0.6) is 0 Å². The van der Waals surface area contributed by atoms with Crippen molar-refractivity contribution in [1.82, 2.24) is 10.2 Å². The van der Waals surface area contributed by atoms with Crippen molar-refractivity contribution in [2.75, 3.05) is 33.4 Å². The minimum Gasteiger partial charge on any atom is -0.383 e. The van der Waals surface area contributed by atoms with Gasteiger partial charge in [-0.15, -0.1) is 0 Å². The van der Waals surface area contributed by atoms with Gasteiger partial charge >= 0.3 is 0 Å².